The fourth-order valence-corrected chi connectivity index (χ4v) is 6.24. The maximum atomic E-state index is 12.8. The summed E-state index contributed by atoms with van der Waals surface area (Å²) in [7, 11) is 0. The number of ether oxygens (including phenoxy) is 1. The summed E-state index contributed by atoms with van der Waals surface area (Å²) in [6.45, 7) is 5.25. The number of carbonyl (C=O) groups excluding carboxylic acids is 2. The van der Waals surface area contributed by atoms with Crippen LogP contribution in [0.2, 0.25) is 0 Å². The number of aliphatic hydroxyl groups excluding tert-OH is 1. The Bertz CT molecular complexity index is 1210. The van der Waals surface area contributed by atoms with E-state index in [1.54, 1.807) is 6.92 Å². The van der Waals surface area contributed by atoms with Crippen molar-refractivity contribution in [1.82, 2.24) is 4.90 Å². The van der Waals surface area contributed by atoms with Crippen molar-refractivity contribution in [2.45, 2.75) is 18.4 Å². The number of rotatable bonds is 6. The molecule has 0 spiro atoms. The first-order valence-corrected chi connectivity index (χ1v) is 13.0. The largest absolute Gasteiger partial charge is 2.00 e. The second-order valence-corrected chi connectivity index (χ2v) is 10.1. The molecule has 0 unspecified atom stereocenters. The van der Waals surface area contributed by atoms with Crippen molar-refractivity contribution in [2.75, 3.05) is 6.61 Å². The van der Waals surface area contributed by atoms with Crippen LogP contribution in [0.15, 0.2) is 54.8 Å². The van der Waals surface area contributed by atoms with Crippen LogP contribution in [0.5, 0.6) is 0 Å². The maximum Gasteiger partial charge on any atom is 2.00 e. The van der Waals surface area contributed by atoms with E-state index in [2.05, 4.69) is 37.6 Å². The molecule has 2 saturated carbocycles. The zero-order valence-corrected chi connectivity index (χ0v) is 22.7. The minimum absolute atomic E-state index is 0. The number of amides is 1. The van der Waals surface area contributed by atoms with Crippen LogP contribution < -0.4 is 0 Å². The average Bonchev–Trinajstić information content (AvgIpc) is 3.68. The molecule has 2 heterocycles. The van der Waals surface area contributed by atoms with Crippen molar-refractivity contribution in [3.8, 4) is 0 Å². The summed E-state index contributed by atoms with van der Waals surface area (Å²) in [5.74, 6) is -0.172. The van der Waals surface area contributed by atoms with Gasteiger partial charge in [-0.05, 0) is 92.7 Å². The number of nitrogens with zero attached hydrogens (tertiary/aromatic N) is 1. The summed E-state index contributed by atoms with van der Waals surface area (Å²) < 4.78 is 5.28. The van der Waals surface area contributed by atoms with Crippen molar-refractivity contribution in [2.24, 2.45) is 5.92 Å². The van der Waals surface area contributed by atoms with Gasteiger partial charge in [0.25, 0.3) is 0 Å². The number of carbonyl (C=O) groups is 2. The van der Waals surface area contributed by atoms with E-state index in [0.29, 0.717) is 4.91 Å². The number of benzene rings is 2. The topological polar surface area (TPSA) is 66.8 Å². The molecule has 2 aliphatic heterocycles. The Morgan fingerprint density at radius 2 is 1.61 bits per heavy atom. The Kier molecular flexibility index (Phi) is 9.80. The fourth-order valence-electron chi connectivity index (χ4n) is 4.63. The molecule has 6 rings (SSSR count). The molecule has 1 N–H and O–H groups in total. The predicted octanol–water partition coefficient (Wildman–Crippen LogP) is 4.92. The van der Waals surface area contributed by atoms with Gasteiger partial charge in [-0.1, -0.05) is 54.7 Å². The molecule has 38 heavy (non-hydrogen) atoms. The van der Waals surface area contributed by atoms with E-state index in [1.165, 1.54) is 28.7 Å². The van der Waals surface area contributed by atoms with Crippen molar-refractivity contribution in [3.63, 3.8) is 0 Å². The predicted molar refractivity (Wildman–Crippen MR) is 146 cm³/mol. The van der Waals surface area contributed by atoms with Crippen LogP contribution in [0.25, 0.3) is 15.7 Å². The number of β-lactam (4-membered cyclic amide) rings is 1. The van der Waals surface area contributed by atoms with E-state index < -0.39 is 18.0 Å². The van der Waals surface area contributed by atoms with Gasteiger partial charge in [0.15, 0.2) is 0 Å². The Hall–Kier alpha value is -2.05. The zero-order valence-electron chi connectivity index (χ0n) is 20.8. The van der Waals surface area contributed by atoms with Crippen LogP contribution >= 0.6 is 11.8 Å². The smallest absolute Gasteiger partial charge is 0.457 e. The van der Waals surface area contributed by atoms with Crippen molar-refractivity contribution >= 4 is 39.3 Å². The summed E-state index contributed by atoms with van der Waals surface area (Å²) in [6.07, 6.45) is 18.9. The third-order valence-electron chi connectivity index (χ3n) is 6.48. The number of aliphatic hydroxyl groups is 1. The van der Waals surface area contributed by atoms with E-state index in [-0.39, 0.29) is 40.7 Å². The molecule has 0 bridgehead atoms. The Morgan fingerprint density at radius 3 is 2.18 bits per heavy atom. The zero-order chi connectivity index (χ0) is 25.9. The summed E-state index contributed by atoms with van der Waals surface area (Å²) >= 11 is 1.43. The fraction of sp³-hybridized carbons (Fsp3) is 0.161. The van der Waals surface area contributed by atoms with Crippen LogP contribution in [0, 0.1) is 69.6 Å². The molecule has 3 fully saturated rings. The van der Waals surface area contributed by atoms with Gasteiger partial charge in [-0.25, -0.2) is 4.79 Å². The molecule has 0 aromatic heterocycles. The molecule has 10 radical (unpaired) electrons. The van der Waals surface area contributed by atoms with E-state index in [1.807, 2.05) is 63.1 Å². The van der Waals surface area contributed by atoms with Gasteiger partial charge in [0.2, 0.25) is 5.91 Å². The molecular weight excluding hydrogens is 538 g/mol. The first-order chi connectivity index (χ1) is 18.0. The van der Waals surface area contributed by atoms with Gasteiger partial charge in [-0.2, -0.15) is 0 Å². The second-order valence-electron chi connectivity index (χ2n) is 8.96. The molecule has 1 saturated heterocycles. The minimum Gasteiger partial charge on any atom is -0.457 e. The van der Waals surface area contributed by atoms with E-state index >= 15 is 0 Å². The summed E-state index contributed by atoms with van der Waals surface area (Å²) in [6, 6.07) is 12.3. The molecule has 2 aliphatic carbocycles. The van der Waals surface area contributed by atoms with Gasteiger partial charge in [0, 0.05) is 10.8 Å². The number of thioether (sulfide) groups is 1. The van der Waals surface area contributed by atoms with Crippen molar-refractivity contribution in [1.29, 1.82) is 0 Å². The Labute approximate surface area is 240 Å². The average molecular weight is 565 g/mol. The van der Waals surface area contributed by atoms with E-state index in [9.17, 15) is 14.7 Å². The number of esters is 1. The summed E-state index contributed by atoms with van der Waals surface area (Å²) in [5.41, 5.74) is 2.24. The first-order valence-electron chi connectivity index (χ1n) is 12.1. The maximum absolute atomic E-state index is 12.8. The Morgan fingerprint density at radius 1 is 1.03 bits per heavy atom. The number of fused-ring (bicyclic) bond motifs is 2. The third-order valence-corrected chi connectivity index (χ3v) is 7.89. The molecule has 3 atom stereocenters. The van der Waals surface area contributed by atoms with Gasteiger partial charge < -0.3 is 9.84 Å². The van der Waals surface area contributed by atoms with E-state index in [0.717, 1.165) is 21.9 Å². The van der Waals surface area contributed by atoms with Gasteiger partial charge in [0.05, 0.1) is 12.0 Å². The third kappa shape index (κ3) is 5.77. The molecule has 2 aromatic carbocycles. The summed E-state index contributed by atoms with van der Waals surface area (Å²) in [4.78, 5) is 27.7. The Balaban J connectivity index is 0.000000504. The van der Waals surface area contributed by atoms with E-state index in [4.69, 9.17) is 4.74 Å². The monoisotopic (exact) mass is 565 g/mol. The first kappa shape index (κ1) is 28.9. The molecule has 7 heteroatoms. The van der Waals surface area contributed by atoms with Crippen LogP contribution in [0.4, 0.5) is 0 Å². The van der Waals surface area contributed by atoms with Crippen molar-refractivity contribution < 1.29 is 36.5 Å². The van der Waals surface area contributed by atoms with Crippen LogP contribution in [-0.4, -0.2) is 40.0 Å². The van der Waals surface area contributed by atoms with Gasteiger partial charge in [0.1, 0.15) is 17.7 Å². The molecule has 1 amide bonds. The van der Waals surface area contributed by atoms with Crippen molar-refractivity contribution in [3.05, 3.63) is 130 Å². The van der Waals surface area contributed by atoms with Crippen LogP contribution in [-0.2, 0) is 31.4 Å². The summed E-state index contributed by atoms with van der Waals surface area (Å²) in [5, 5.41) is 11.9. The minimum atomic E-state index is -0.785. The standard InChI is InChI=1S/C26H22NO4S.C5H5.Fe/c1-3-12-31-26(30)22-23(32-25-21(15(2)28)24(29)27(22)25)20-11-10-18-13-17(8-9-19(18)14-20)16-6-4-5-7-16;1-2-4-5-3-1;/h3-11,13-15,21,25,28H,1,12H2,2H3;1-5H;/q;;+2/t15-,21+,25-;;/m1../s1. The number of hydrogen-bond acceptors (Lipinski definition) is 5. The van der Waals surface area contributed by atoms with Gasteiger partial charge in [-0.15, -0.1) is 0 Å². The SMILES string of the molecule is C=CCOC(=O)C1=C(c2ccc3cc([C]4[CH][CH][CH][CH]4)ccc3c2)S[C@@H]2[C@@H]([C@@H](C)O)C(=O)N12.[CH]1[CH][CH][CH][CH]1.[Fe+2]. The molecule has 2 aromatic rings. The molecule has 192 valence electrons. The number of hydrogen-bond donors (Lipinski definition) is 1. The molecular formula is C31H27FeNO4S+2. The second kappa shape index (κ2) is 12.9. The van der Waals surface area contributed by atoms with Crippen LogP contribution in [0.3, 0.4) is 0 Å². The van der Waals surface area contributed by atoms with Crippen LogP contribution in [0.1, 0.15) is 18.1 Å². The quantitative estimate of drug-likeness (QED) is 0.233. The van der Waals surface area contributed by atoms with Gasteiger partial charge in [-0.3, -0.25) is 9.69 Å². The molecule has 5 nitrogen and oxygen atoms in total. The normalized spacial score (nSPS) is 23.3. The molecule has 4 aliphatic rings. The van der Waals surface area contributed by atoms with Gasteiger partial charge >= 0.3 is 23.0 Å².